The van der Waals surface area contributed by atoms with Gasteiger partial charge in [0.25, 0.3) is 0 Å². The lowest BCUT2D eigenvalue weighted by atomic mass is 10.00. The van der Waals surface area contributed by atoms with E-state index in [-0.39, 0.29) is 0 Å². The number of H-pyrrole nitrogens is 1. The molecule has 0 aliphatic rings. The van der Waals surface area contributed by atoms with Crippen LogP contribution in [0.2, 0.25) is 0 Å². The predicted octanol–water partition coefficient (Wildman–Crippen LogP) is 5.56. The first kappa shape index (κ1) is 18.5. The van der Waals surface area contributed by atoms with Crippen LogP contribution in [0.5, 0.6) is 0 Å². The summed E-state index contributed by atoms with van der Waals surface area (Å²) in [6.07, 6.45) is 3.60. The predicted molar refractivity (Wildman–Crippen MR) is 118 cm³/mol. The van der Waals surface area contributed by atoms with E-state index in [4.69, 9.17) is 15.4 Å². The van der Waals surface area contributed by atoms with Gasteiger partial charge in [0.05, 0.1) is 22.8 Å². The van der Waals surface area contributed by atoms with Crippen molar-refractivity contribution in [2.24, 2.45) is 0 Å². The SMILES string of the molecule is CC(=N)/C=C/c1cccc(-c2ccccc2-c2cccc(-c3cc(C)[nH]n3)n2)n1. The second-order valence-electron chi connectivity index (χ2n) is 6.85. The lowest BCUT2D eigenvalue weighted by Gasteiger charge is -2.10. The van der Waals surface area contributed by atoms with Gasteiger partial charge in [-0.15, -0.1) is 0 Å². The molecule has 0 saturated heterocycles. The Hall–Kier alpha value is -3.86. The van der Waals surface area contributed by atoms with Crippen LogP contribution in [0.4, 0.5) is 0 Å². The summed E-state index contributed by atoms with van der Waals surface area (Å²) in [6.45, 7) is 3.72. The van der Waals surface area contributed by atoms with E-state index >= 15 is 0 Å². The first-order valence-electron chi connectivity index (χ1n) is 9.40. The van der Waals surface area contributed by atoms with Gasteiger partial charge in [-0.25, -0.2) is 9.97 Å². The van der Waals surface area contributed by atoms with Crippen LogP contribution in [-0.4, -0.2) is 25.9 Å². The van der Waals surface area contributed by atoms with Gasteiger partial charge < -0.3 is 5.41 Å². The van der Waals surface area contributed by atoms with Crippen molar-refractivity contribution >= 4 is 11.8 Å². The van der Waals surface area contributed by atoms with Crippen LogP contribution in [-0.2, 0) is 0 Å². The average molecular weight is 379 g/mol. The van der Waals surface area contributed by atoms with Crippen molar-refractivity contribution in [3.8, 4) is 33.9 Å². The van der Waals surface area contributed by atoms with E-state index < -0.39 is 0 Å². The molecule has 2 N–H and O–H groups in total. The largest absolute Gasteiger partial charge is 0.306 e. The molecular formula is C24H21N5. The van der Waals surface area contributed by atoms with Gasteiger partial charge in [-0.3, -0.25) is 5.10 Å². The number of hydrogen-bond donors (Lipinski definition) is 2. The molecule has 0 aliphatic carbocycles. The third kappa shape index (κ3) is 4.19. The molecule has 0 atom stereocenters. The molecule has 0 aliphatic heterocycles. The van der Waals surface area contributed by atoms with E-state index in [1.165, 1.54) is 0 Å². The molecule has 5 heteroatoms. The van der Waals surface area contributed by atoms with E-state index in [1.807, 2.05) is 67.6 Å². The first-order valence-corrected chi connectivity index (χ1v) is 9.40. The molecule has 29 heavy (non-hydrogen) atoms. The normalized spacial score (nSPS) is 11.1. The Labute approximate surface area is 169 Å². The van der Waals surface area contributed by atoms with Gasteiger partial charge in [-0.05, 0) is 56.3 Å². The molecule has 142 valence electrons. The van der Waals surface area contributed by atoms with Crippen molar-refractivity contribution in [3.05, 3.63) is 84.2 Å². The zero-order chi connectivity index (χ0) is 20.2. The van der Waals surface area contributed by atoms with Crippen molar-refractivity contribution in [1.29, 1.82) is 5.41 Å². The summed E-state index contributed by atoms with van der Waals surface area (Å²) in [5.74, 6) is 0. The quantitative estimate of drug-likeness (QED) is 0.445. The Morgan fingerprint density at radius 3 is 2.14 bits per heavy atom. The van der Waals surface area contributed by atoms with Gasteiger partial charge in [0.15, 0.2) is 0 Å². The minimum Gasteiger partial charge on any atom is -0.306 e. The number of aryl methyl sites for hydroxylation is 1. The van der Waals surface area contributed by atoms with Gasteiger partial charge in [0.2, 0.25) is 0 Å². The third-order valence-corrected chi connectivity index (χ3v) is 4.47. The summed E-state index contributed by atoms with van der Waals surface area (Å²) < 4.78 is 0. The van der Waals surface area contributed by atoms with Crippen molar-refractivity contribution in [2.75, 3.05) is 0 Å². The fourth-order valence-corrected chi connectivity index (χ4v) is 3.11. The summed E-state index contributed by atoms with van der Waals surface area (Å²) >= 11 is 0. The topological polar surface area (TPSA) is 78.3 Å². The maximum absolute atomic E-state index is 7.57. The fraction of sp³-hybridized carbons (Fsp3) is 0.0833. The Morgan fingerprint density at radius 1 is 0.828 bits per heavy atom. The number of nitrogens with one attached hydrogen (secondary N) is 2. The summed E-state index contributed by atoms with van der Waals surface area (Å²) in [5, 5.41) is 14.9. The van der Waals surface area contributed by atoms with E-state index in [0.717, 1.165) is 45.3 Å². The van der Waals surface area contributed by atoms with Crippen LogP contribution in [0.3, 0.4) is 0 Å². The Bertz CT molecular complexity index is 1200. The smallest absolute Gasteiger partial charge is 0.111 e. The number of allylic oxidation sites excluding steroid dienone is 1. The Balaban J connectivity index is 1.77. The Morgan fingerprint density at radius 2 is 1.48 bits per heavy atom. The van der Waals surface area contributed by atoms with Crippen LogP contribution >= 0.6 is 0 Å². The van der Waals surface area contributed by atoms with Crippen LogP contribution in [0.1, 0.15) is 18.3 Å². The first-order chi connectivity index (χ1) is 14.1. The molecular weight excluding hydrogens is 358 g/mol. The molecule has 0 bridgehead atoms. The van der Waals surface area contributed by atoms with Crippen LogP contribution in [0, 0.1) is 12.3 Å². The molecule has 3 heterocycles. The number of aromatic amines is 1. The van der Waals surface area contributed by atoms with Crippen molar-refractivity contribution in [3.63, 3.8) is 0 Å². The molecule has 0 radical (unpaired) electrons. The van der Waals surface area contributed by atoms with Crippen molar-refractivity contribution in [2.45, 2.75) is 13.8 Å². The summed E-state index contributed by atoms with van der Waals surface area (Å²) in [6, 6.07) is 22.0. The summed E-state index contributed by atoms with van der Waals surface area (Å²) in [7, 11) is 0. The number of pyridine rings is 2. The lowest BCUT2D eigenvalue weighted by molar-refractivity contribution is 1.05. The zero-order valence-electron chi connectivity index (χ0n) is 16.3. The average Bonchev–Trinajstić information content (AvgIpc) is 3.19. The second kappa shape index (κ2) is 8.02. The highest BCUT2D eigenvalue weighted by Gasteiger charge is 2.11. The molecule has 3 aromatic heterocycles. The number of nitrogens with zero attached hydrogens (tertiary/aromatic N) is 3. The lowest BCUT2D eigenvalue weighted by Crippen LogP contribution is -1.93. The maximum atomic E-state index is 7.57. The minimum atomic E-state index is 0.493. The summed E-state index contributed by atoms with van der Waals surface area (Å²) in [4.78, 5) is 9.60. The molecule has 0 spiro atoms. The summed E-state index contributed by atoms with van der Waals surface area (Å²) in [5.41, 5.74) is 7.73. The highest BCUT2D eigenvalue weighted by molar-refractivity contribution is 5.93. The van der Waals surface area contributed by atoms with Crippen LogP contribution < -0.4 is 0 Å². The maximum Gasteiger partial charge on any atom is 0.111 e. The number of aromatic nitrogens is 4. The minimum absolute atomic E-state index is 0.493. The van der Waals surface area contributed by atoms with E-state index in [2.05, 4.69) is 22.3 Å². The number of benzene rings is 1. The molecule has 0 saturated carbocycles. The van der Waals surface area contributed by atoms with Crippen molar-refractivity contribution < 1.29 is 0 Å². The zero-order valence-corrected chi connectivity index (χ0v) is 16.3. The van der Waals surface area contributed by atoms with E-state index in [0.29, 0.717) is 5.71 Å². The standard InChI is InChI=1S/C24H21N5/c1-16(25)13-14-18-7-5-10-21(26-18)19-8-3-4-9-20(19)22-11-6-12-23(27-22)24-15-17(2)28-29-24/h3-15,25H,1-2H3,(H,28,29)/b14-13+,25-16?. The molecule has 1 aromatic carbocycles. The van der Waals surface area contributed by atoms with Gasteiger partial charge >= 0.3 is 0 Å². The van der Waals surface area contributed by atoms with Gasteiger partial charge in [-0.2, -0.15) is 5.10 Å². The highest BCUT2D eigenvalue weighted by Crippen LogP contribution is 2.31. The molecule has 5 nitrogen and oxygen atoms in total. The molecule has 4 aromatic rings. The van der Waals surface area contributed by atoms with Crippen molar-refractivity contribution in [1.82, 2.24) is 20.2 Å². The Kier molecular flexibility index (Phi) is 5.12. The van der Waals surface area contributed by atoms with Gasteiger partial charge in [0, 0.05) is 22.5 Å². The molecule has 0 amide bonds. The second-order valence-corrected chi connectivity index (χ2v) is 6.85. The highest BCUT2D eigenvalue weighted by atomic mass is 15.1. The number of rotatable bonds is 5. The monoisotopic (exact) mass is 379 g/mol. The molecule has 0 fully saturated rings. The third-order valence-electron chi connectivity index (χ3n) is 4.47. The van der Waals surface area contributed by atoms with Gasteiger partial charge in [0.1, 0.15) is 5.69 Å². The number of hydrogen-bond acceptors (Lipinski definition) is 4. The molecule has 4 rings (SSSR count). The van der Waals surface area contributed by atoms with E-state index in [1.54, 1.807) is 13.0 Å². The van der Waals surface area contributed by atoms with Crippen LogP contribution in [0.25, 0.3) is 40.0 Å². The van der Waals surface area contributed by atoms with Crippen LogP contribution in [0.15, 0.2) is 72.8 Å². The van der Waals surface area contributed by atoms with E-state index in [9.17, 15) is 0 Å². The fourth-order valence-electron chi connectivity index (χ4n) is 3.11. The molecule has 0 unspecified atom stereocenters. The van der Waals surface area contributed by atoms with Gasteiger partial charge in [-0.1, -0.05) is 36.4 Å².